The highest BCUT2D eigenvalue weighted by atomic mass is 35.5. The first-order valence-electron chi connectivity index (χ1n) is 6.13. The summed E-state index contributed by atoms with van der Waals surface area (Å²) >= 11 is 12.5. The predicted octanol–water partition coefficient (Wildman–Crippen LogP) is 2.84. The van der Waals surface area contributed by atoms with Gasteiger partial charge in [0.15, 0.2) is 6.61 Å². The number of thiophene rings is 1. The average Bonchev–Trinajstić information content (AvgIpc) is 2.75. The number of rotatable bonds is 6. The lowest BCUT2D eigenvalue weighted by molar-refractivity contribution is -0.123. The van der Waals surface area contributed by atoms with Gasteiger partial charge in [0.2, 0.25) is 0 Å². The molecule has 1 aromatic heterocycles. The Morgan fingerprint density at radius 3 is 2.62 bits per heavy atom. The van der Waals surface area contributed by atoms with Crippen LogP contribution in [0.15, 0.2) is 6.07 Å². The van der Waals surface area contributed by atoms with Crippen LogP contribution in [-0.2, 0) is 9.53 Å². The maximum atomic E-state index is 11.6. The first-order chi connectivity index (χ1) is 9.93. The van der Waals surface area contributed by atoms with E-state index in [1.807, 2.05) is 12.2 Å². The number of ether oxygens (including phenoxy) is 1. The molecule has 0 aliphatic rings. The summed E-state index contributed by atoms with van der Waals surface area (Å²) in [5, 5.41) is 4.54. The number of hydrogen-bond acceptors (Lipinski definition) is 5. The lowest BCUT2D eigenvalue weighted by Crippen LogP contribution is -2.41. The topological polar surface area (TPSA) is 84.5 Å². The van der Waals surface area contributed by atoms with Crippen LogP contribution in [0.1, 0.15) is 30.1 Å². The molecule has 21 heavy (non-hydrogen) atoms. The highest BCUT2D eigenvalue weighted by molar-refractivity contribution is 7.20. The van der Waals surface area contributed by atoms with Crippen molar-refractivity contribution in [3.8, 4) is 0 Å². The molecule has 0 spiro atoms. The van der Waals surface area contributed by atoms with Crippen LogP contribution >= 0.6 is 34.5 Å². The Bertz CT molecular complexity index is 533. The third-order valence-electron chi connectivity index (χ3n) is 2.28. The molecule has 0 aliphatic heterocycles. The van der Waals surface area contributed by atoms with Crippen molar-refractivity contribution in [2.45, 2.75) is 19.8 Å². The number of halogens is 2. The lowest BCUT2D eigenvalue weighted by atomic mass is 10.3. The van der Waals surface area contributed by atoms with E-state index in [4.69, 9.17) is 27.9 Å². The van der Waals surface area contributed by atoms with Crippen molar-refractivity contribution >= 4 is 52.4 Å². The molecule has 3 amide bonds. The molecule has 0 saturated heterocycles. The zero-order chi connectivity index (χ0) is 15.8. The van der Waals surface area contributed by atoms with Crippen LogP contribution in [0.2, 0.25) is 8.67 Å². The molecular weight excluding hydrogens is 339 g/mol. The minimum absolute atomic E-state index is 0.0897. The van der Waals surface area contributed by atoms with Crippen LogP contribution in [0.4, 0.5) is 4.79 Å². The molecule has 0 radical (unpaired) electrons. The third kappa shape index (κ3) is 6.33. The summed E-state index contributed by atoms with van der Waals surface area (Å²) in [6.07, 6.45) is 1.74. The summed E-state index contributed by atoms with van der Waals surface area (Å²) in [6.45, 7) is 1.87. The molecule has 1 aromatic rings. The summed E-state index contributed by atoms with van der Waals surface area (Å²) < 4.78 is 5.27. The second-order valence-electron chi connectivity index (χ2n) is 3.97. The molecule has 0 aliphatic carbocycles. The summed E-state index contributed by atoms with van der Waals surface area (Å²) in [5.74, 6) is -1.50. The number of nitrogens with one attached hydrogen (secondary N) is 2. The van der Waals surface area contributed by atoms with E-state index in [1.54, 1.807) is 0 Å². The van der Waals surface area contributed by atoms with Crippen molar-refractivity contribution in [2.75, 3.05) is 13.2 Å². The van der Waals surface area contributed by atoms with Crippen molar-refractivity contribution in [1.82, 2.24) is 10.6 Å². The highest BCUT2D eigenvalue weighted by Crippen LogP contribution is 2.31. The molecule has 6 nitrogen and oxygen atoms in total. The predicted molar refractivity (Wildman–Crippen MR) is 81.1 cm³/mol. The van der Waals surface area contributed by atoms with E-state index < -0.39 is 24.5 Å². The Balaban J connectivity index is 2.34. The molecule has 116 valence electrons. The van der Waals surface area contributed by atoms with Gasteiger partial charge in [-0.2, -0.15) is 0 Å². The smallest absolute Gasteiger partial charge is 0.341 e. The van der Waals surface area contributed by atoms with E-state index >= 15 is 0 Å². The zero-order valence-corrected chi connectivity index (χ0v) is 13.5. The molecule has 2 N–H and O–H groups in total. The normalized spacial score (nSPS) is 10.0. The van der Waals surface area contributed by atoms with Crippen LogP contribution in [0.3, 0.4) is 0 Å². The van der Waals surface area contributed by atoms with Gasteiger partial charge in [0.1, 0.15) is 4.34 Å². The molecule has 0 saturated carbocycles. The van der Waals surface area contributed by atoms with Gasteiger partial charge < -0.3 is 10.1 Å². The van der Waals surface area contributed by atoms with Crippen LogP contribution < -0.4 is 10.6 Å². The average molecular weight is 353 g/mol. The fraction of sp³-hybridized carbons (Fsp3) is 0.417. The Morgan fingerprint density at radius 2 is 2.05 bits per heavy atom. The second-order valence-corrected chi connectivity index (χ2v) is 6.26. The van der Waals surface area contributed by atoms with Crippen LogP contribution in [0.25, 0.3) is 0 Å². The molecule has 1 heterocycles. The van der Waals surface area contributed by atoms with Crippen molar-refractivity contribution in [2.24, 2.45) is 0 Å². The van der Waals surface area contributed by atoms with Gasteiger partial charge in [0.05, 0.1) is 9.90 Å². The number of carbonyl (C=O) groups excluding carboxylic acids is 3. The Morgan fingerprint density at radius 1 is 1.33 bits per heavy atom. The summed E-state index contributed by atoms with van der Waals surface area (Å²) in [6, 6.07) is 0.729. The molecular formula is C12H14Cl2N2O4S. The van der Waals surface area contributed by atoms with Gasteiger partial charge in [-0.1, -0.05) is 36.5 Å². The number of amides is 3. The number of imide groups is 1. The molecule has 0 unspecified atom stereocenters. The number of urea groups is 1. The van der Waals surface area contributed by atoms with Gasteiger partial charge >= 0.3 is 12.0 Å². The van der Waals surface area contributed by atoms with Crippen LogP contribution in [0, 0.1) is 0 Å². The van der Waals surface area contributed by atoms with Crippen LogP contribution in [-0.4, -0.2) is 31.1 Å². The maximum absolute atomic E-state index is 11.6. The molecule has 0 fully saturated rings. The minimum Gasteiger partial charge on any atom is -0.452 e. The second kappa shape index (κ2) is 8.86. The number of carbonyl (C=O) groups is 3. The van der Waals surface area contributed by atoms with Crippen molar-refractivity contribution in [3.05, 3.63) is 20.3 Å². The first-order valence-corrected chi connectivity index (χ1v) is 7.71. The zero-order valence-electron chi connectivity index (χ0n) is 11.2. The molecule has 1 rings (SSSR count). The highest BCUT2D eigenvalue weighted by Gasteiger charge is 2.17. The standard InChI is InChI=1S/C12H14Cl2N2O4S/c1-2-3-4-15-12(19)16-9(17)6-20-11(18)7-5-8(13)21-10(7)14/h5H,2-4,6H2,1H3,(H2,15,16,17,19). The molecule has 0 bridgehead atoms. The number of hydrogen-bond donors (Lipinski definition) is 2. The quantitative estimate of drug-likeness (QED) is 0.608. The summed E-state index contributed by atoms with van der Waals surface area (Å²) in [4.78, 5) is 34.3. The van der Waals surface area contributed by atoms with E-state index in [0.717, 1.165) is 24.2 Å². The fourth-order valence-corrected chi connectivity index (χ4v) is 2.71. The van der Waals surface area contributed by atoms with Crippen molar-refractivity contribution in [3.63, 3.8) is 0 Å². The lowest BCUT2D eigenvalue weighted by Gasteiger charge is -2.06. The number of unbranched alkanes of at least 4 members (excludes halogenated alkanes) is 1. The third-order valence-corrected chi connectivity index (χ3v) is 3.77. The first kappa shape index (κ1) is 17.7. The Labute approximate surface area is 135 Å². The maximum Gasteiger partial charge on any atom is 0.341 e. The van der Waals surface area contributed by atoms with Gasteiger partial charge in [-0.15, -0.1) is 11.3 Å². The largest absolute Gasteiger partial charge is 0.452 e. The molecule has 0 atom stereocenters. The van der Waals surface area contributed by atoms with Gasteiger partial charge in [0.25, 0.3) is 5.91 Å². The van der Waals surface area contributed by atoms with Gasteiger partial charge in [-0.25, -0.2) is 9.59 Å². The van der Waals surface area contributed by atoms with E-state index in [0.29, 0.717) is 10.9 Å². The summed E-state index contributed by atoms with van der Waals surface area (Å²) in [7, 11) is 0. The van der Waals surface area contributed by atoms with Gasteiger partial charge in [-0.05, 0) is 12.5 Å². The Kier molecular flexibility index (Phi) is 7.49. The SMILES string of the molecule is CCCCNC(=O)NC(=O)COC(=O)c1cc(Cl)sc1Cl. The van der Waals surface area contributed by atoms with E-state index in [9.17, 15) is 14.4 Å². The monoisotopic (exact) mass is 352 g/mol. The Hall–Kier alpha value is -1.31. The molecule has 0 aromatic carbocycles. The van der Waals surface area contributed by atoms with Gasteiger partial charge in [-0.3, -0.25) is 10.1 Å². The van der Waals surface area contributed by atoms with Crippen molar-refractivity contribution < 1.29 is 19.1 Å². The minimum atomic E-state index is -0.773. The van der Waals surface area contributed by atoms with Crippen molar-refractivity contribution in [1.29, 1.82) is 0 Å². The number of esters is 1. The van der Waals surface area contributed by atoms with E-state index in [1.165, 1.54) is 6.07 Å². The fourth-order valence-electron chi connectivity index (χ4n) is 1.27. The van der Waals surface area contributed by atoms with E-state index in [-0.39, 0.29) is 9.90 Å². The van der Waals surface area contributed by atoms with Crippen LogP contribution in [0.5, 0.6) is 0 Å². The van der Waals surface area contributed by atoms with Gasteiger partial charge in [0, 0.05) is 6.54 Å². The molecule has 9 heteroatoms. The summed E-state index contributed by atoms with van der Waals surface area (Å²) in [5.41, 5.74) is 0.0897. The van der Waals surface area contributed by atoms with E-state index in [2.05, 4.69) is 5.32 Å².